The molecule has 4 nitrogen and oxygen atoms in total. The average Bonchev–Trinajstić information content (AvgIpc) is 2.19. The molecule has 1 aliphatic rings. The van der Waals surface area contributed by atoms with Crippen LogP contribution >= 0.6 is 0 Å². The van der Waals surface area contributed by atoms with E-state index in [1.807, 2.05) is 0 Å². The lowest BCUT2D eigenvalue weighted by Crippen LogP contribution is -2.28. The van der Waals surface area contributed by atoms with E-state index in [2.05, 4.69) is 5.32 Å². The number of likely N-dealkylation sites (N-methyl/N-ethyl adjacent to an activating group) is 1. The van der Waals surface area contributed by atoms with Crippen LogP contribution < -0.4 is 5.32 Å². The summed E-state index contributed by atoms with van der Waals surface area (Å²) in [6.07, 6.45) is -1.36. The van der Waals surface area contributed by atoms with E-state index in [0.717, 1.165) is 6.08 Å². The highest BCUT2D eigenvalue weighted by Crippen LogP contribution is 2.28. The normalized spacial score (nSPS) is 21.0. The molecule has 0 bridgehead atoms. The van der Waals surface area contributed by atoms with Crippen LogP contribution in [0.1, 0.15) is 6.42 Å². The van der Waals surface area contributed by atoms with Gasteiger partial charge in [0, 0.05) is 13.5 Å². The Morgan fingerprint density at radius 2 is 2.20 bits per heavy atom. The third kappa shape index (κ3) is 2.03. The first-order valence-corrected chi connectivity index (χ1v) is 4.18. The molecule has 0 saturated heterocycles. The van der Waals surface area contributed by atoms with Crippen molar-refractivity contribution < 1.29 is 23.5 Å². The number of aliphatic carboxylic acids is 1. The number of carbonyl (C=O) groups excluding carboxylic acids is 1. The van der Waals surface area contributed by atoms with Crippen LogP contribution in [0, 0.1) is 0 Å². The van der Waals surface area contributed by atoms with Crippen molar-refractivity contribution in [3.63, 3.8) is 0 Å². The minimum absolute atomic E-state index is 0.367. The zero-order chi connectivity index (χ0) is 11.6. The van der Waals surface area contributed by atoms with Gasteiger partial charge in [0.1, 0.15) is 12.0 Å². The monoisotopic (exact) mass is 217 g/mol. The number of carboxylic acid groups (broad SMARTS) is 1. The molecule has 0 aliphatic heterocycles. The number of amides is 1. The molecule has 0 heterocycles. The lowest BCUT2D eigenvalue weighted by Gasteiger charge is -2.16. The van der Waals surface area contributed by atoms with E-state index in [-0.39, 0.29) is 6.42 Å². The fraction of sp³-hybridized carbons (Fsp3) is 0.333. The van der Waals surface area contributed by atoms with Crippen LogP contribution in [-0.2, 0) is 9.59 Å². The van der Waals surface area contributed by atoms with E-state index in [1.54, 1.807) is 0 Å². The van der Waals surface area contributed by atoms with Crippen LogP contribution in [-0.4, -0.2) is 30.2 Å². The highest BCUT2D eigenvalue weighted by Gasteiger charge is 2.32. The van der Waals surface area contributed by atoms with Crippen LogP contribution in [0.5, 0.6) is 0 Å². The molecule has 1 unspecified atom stereocenters. The van der Waals surface area contributed by atoms with Crippen LogP contribution in [0.2, 0.25) is 0 Å². The van der Waals surface area contributed by atoms with Gasteiger partial charge in [0.25, 0.3) is 5.91 Å². The molecule has 82 valence electrons. The molecule has 0 aromatic carbocycles. The van der Waals surface area contributed by atoms with Crippen molar-refractivity contribution in [1.29, 1.82) is 0 Å². The van der Waals surface area contributed by atoms with Gasteiger partial charge in [0.15, 0.2) is 0 Å². The van der Waals surface area contributed by atoms with Crippen molar-refractivity contribution in [1.82, 2.24) is 5.32 Å². The van der Waals surface area contributed by atoms with E-state index in [1.165, 1.54) is 7.05 Å². The Bertz CT molecular complexity index is 374. The summed E-state index contributed by atoms with van der Waals surface area (Å²) in [4.78, 5) is 21.8. The van der Waals surface area contributed by atoms with Crippen LogP contribution in [0.4, 0.5) is 8.78 Å². The molecular formula is C9H9F2NO3. The Labute approximate surface area is 84.3 Å². The maximum atomic E-state index is 13.2. The van der Waals surface area contributed by atoms with Crippen molar-refractivity contribution in [2.24, 2.45) is 0 Å². The molecule has 0 saturated carbocycles. The standard InChI is InChI=1S/C9H9F2NO3/c1-12-8(13)6-4(10)2-3-5(11)7(6)9(14)15/h2,5H,3H2,1H3,(H,12,13)(H,14,15). The Morgan fingerprint density at radius 3 is 2.67 bits per heavy atom. The molecule has 1 aliphatic carbocycles. The highest BCUT2D eigenvalue weighted by molar-refractivity contribution is 6.05. The van der Waals surface area contributed by atoms with Gasteiger partial charge in [-0.15, -0.1) is 0 Å². The van der Waals surface area contributed by atoms with Gasteiger partial charge in [-0.3, -0.25) is 4.79 Å². The second-order valence-electron chi connectivity index (χ2n) is 2.93. The van der Waals surface area contributed by atoms with E-state index in [4.69, 9.17) is 5.11 Å². The molecule has 1 rings (SSSR count). The minimum Gasteiger partial charge on any atom is -0.478 e. The van der Waals surface area contributed by atoms with Crippen molar-refractivity contribution in [3.8, 4) is 0 Å². The number of hydrogen-bond acceptors (Lipinski definition) is 2. The summed E-state index contributed by atoms with van der Waals surface area (Å²) < 4.78 is 26.4. The first kappa shape index (κ1) is 11.4. The number of alkyl halides is 1. The van der Waals surface area contributed by atoms with Crippen LogP contribution in [0.25, 0.3) is 0 Å². The molecule has 15 heavy (non-hydrogen) atoms. The quantitative estimate of drug-likeness (QED) is 0.715. The molecular weight excluding hydrogens is 208 g/mol. The number of allylic oxidation sites excluding steroid dienone is 1. The fourth-order valence-electron chi connectivity index (χ4n) is 1.31. The lowest BCUT2D eigenvalue weighted by molar-refractivity contribution is -0.134. The van der Waals surface area contributed by atoms with Crippen LogP contribution in [0.3, 0.4) is 0 Å². The molecule has 0 radical (unpaired) electrons. The number of carbonyl (C=O) groups is 2. The van der Waals surface area contributed by atoms with Crippen molar-refractivity contribution in [2.45, 2.75) is 12.6 Å². The highest BCUT2D eigenvalue weighted by atomic mass is 19.1. The van der Waals surface area contributed by atoms with Crippen molar-refractivity contribution in [3.05, 3.63) is 23.0 Å². The van der Waals surface area contributed by atoms with E-state index >= 15 is 0 Å². The number of hydrogen-bond donors (Lipinski definition) is 2. The molecule has 0 aromatic rings. The van der Waals surface area contributed by atoms with Crippen LogP contribution in [0.15, 0.2) is 23.0 Å². The Morgan fingerprint density at radius 1 is 1.60 bits per heavy atom. The SMILES string of the molecule is CNC(=O)C1=C(C(=O)O)C(F)CC=C1F. The smallest absolute Gasteiger partial charge is 0.335 e. The molecule has 6 heteroatoms. The van der Waals surface area contributed by atoms with Crippen molar-refractivity contribution in [2.75, 3.05) is 7.05 Å². The van der Waals surface area contributed by atoms with E-state index < -0.39 is 35.0 Å². The van der Waals surface area contributed by atoms with Gasteiger partial charge >= 0.3 is 5.97 Å². The minimum atomic E-state index is -1.85. The molecule has 1 amide bonds. The summed E-state index contributed by atoms with van der Waals surface area (Å²) in [7, 11) is 1.21. The second kappa shape index (κ2) is 4.20. The summed E-state index contributed by atoms with van der Waals surface area (Å²) in [5.41, 5.74) is -1.56. The number of nitrogens with one attached hydrogen (secondary N) is 1. The lowest BCUT2D eigenvalue weighted by atomic mass is 9.94. The summed E-state index contributed by atoms with van der Waals surface area (Å²) in [5.74, 6) is -3.56. The zero-order valence-corrected chi connectivity index (χ0v) is 7.88. The van der Waals surface area contributed by atoms with E-state index in [9.17, 15) is 18.4 Å². The summed E-state index contributed by atoms with van der Waals surface area (Å²) in [5, 5.41) is 10.7. The maximum Gasteiger partial charge on any atom is 0.335 e. The molecule has 1 atom stereocenters. The maximum absolute atomic E-state index is 13.2. The first-order valence-electron chi connectivity index (χ1n) is 4.18. The Kier molecular flexibility index (Phi) is 3.18. The van der Waals surface area contributed by atoms with Gasteiger partial charge < -0.3 is 10.4 Å². The van der Waals surface area contributed by atoms with Gasteiger partial charge in [-0.25, -0.2) is 13.6 Å². The number of halogens is 2. The van der Waals surface area contributed by atoms with Crippen molar-refractivity contribution >= 4 is 11.9 Å². The van der Waals surface area contributed by atoms with Gasteiger partial charge in [-0.1, -0.05) is 0 Å². The van der Waals surface area contributed by atoms with Gasteiger partial charge in [0.05, 0.1) is 11.1 Å². The first-order chi connectivity index (χ1) is 6.99. The fourth-order valence-corrected chi connectivity index (χ4v) is 1.31. The molecule has 0 spiro atoms. The van der Waals surface area contributed by atoms with Gasteiger partial charge in [-0.2, -0.15) is 0 Å². The summed E-state index contributed by atoms with van der Waals surface area (Å²) >= 11 is 0. The Hall–Kier alpha value is -1.72. The molecule has 0 aromatic heterocycles. The predicted octanol–water partition coefficient (Wildman–Crippen LogP) is 0.709. The predicted molar refractivity (Wildman–Crippen MR) is 47.4 cm³/mol. The number of carboxylic acids is 1. The third-order valence-corrected chi connectivity index (χ3v) is 2.01. The van der Waals surface area contributed by atoms with Gasteiger partial charge in [0.2, 0.25) is 0 Å². The Balaban J connectivity index is 3.30. The second-order valence-corrected chi connectivity index (χ2v) is 2.93. The number of rotatable bonds is 2. The largest absolute Gasteiger partial charge is 0.478 e. The topological polar surface area (TPSA) is 66.4 Å². The third-order valence-electron chi connectivity index (χ3n) is 2.01. The molecule has 2 N–H and O–H groups in total. The average molecular weight is 217 g/mol. The van der Waals surface area contributed by atoms with Gasteiger partial charge in [-0.05, 0) is 6.08 Å². The zero-order valence-electron chi connectivity index (χ0n) is 7.88. The molecule has 0 fully saturated rings. The van der Waals surface area contributed by atoms with E-state index in [0.29, 0.717) is 0 Å². The summed E-state index contributed by atoms with van der Waals surface area (Å²) in [6.45, 7) is 0. The summed E-state index contributed by atoms with van der Waals surface area (Å²) in [6, 6.07) is 0.